The van der Waals surface area contributed by atoms with Gasteiger partial charge in [0.05, 0.1) is 11.8 Å². The Morgan fingerprint density at radius 3 is 2.15 bits per heavy atom. The third-order valence-electron chi connectivity index (χ3n) is 4.30. The van der Waals surface area contributed by atoms with E-state index in [-0.39, 0.29) is 5.97 Å². The molecule has 4 nitrogen and oxygen atoms in total. The van der Waals surface area contributed by atoms with Crippen LogP contribution in [0.15, 0.2) is 78.8 Å². The smallest absolute Gasteiger partial charge is 0.344 e. The third kappa shape index (κ3) is 2.97. The molecule has 2 aromatic carbocycles. The molecule has 0 radical (unpaired) electrons. The second-order valence-electron chi connectivity index (χ2n) is 6.01. The van der Waals surface area contributed by atoms with E-state index in [1.807, 2.05) is 84.5 Å². The van der Waals surface area contributed by atoms with Crippen molar-refractivity contribution in [1.82, 2.24) is 9.78 Å². The van der Waals surface area contributed by atoms with Crippen LogP contribution in [0.2, 0.25) is 0 Å². The number of aromatic nitrogens is 2. The summed E-state index contributed by atoms with van der Waals surface area (Å²) in [6.45, 7) is 2.82. The van der Waals surface area contributed by atoms with Gasteiger partial charge in [-0.25, -0.2) is 4.79 Å². The average molecular weight is 342 g/mol. The van der Waals surface area contributed by atoms with E-state index in [1.54, 1.807) is 6.20 Å². The minimum absolute atomic E-state index is 0.329. The molecule has 0 amide bonds. The SMILES string of the molecule is CCn1cc(/C=C2\OC(=O)C(c3ccccc3)=C2c2ccccc2)cn1. The van der Waals surface area contributed by atoms with Gasteiger partial charge in [-0.2, -0.15) is 5.10 Å². The molecule has 0 spiro atoms. The zero-order chi connectivity index (χ0) is 17.9. The van der Waals surface area contributed by atoms with Crippen LogP contribution in [0.4, 0.5) is 0 Å². The van der Waals surface area contributed by atoms with Gasteiger partial charge in [0.1, 0.15) is 5.76 Å². The molecule has 1 aromatic heterocycles. The van der Waals surface area contributed by atoms with Crippen molar-refractivity contribution in [2.45, 2.75) is 13.5 Å². The van der Waals surface area contributed by atoms with Crippen molar-refractivity contribution in [2.75, 3.05) is 0 Å². The van der Waals surface area contributed by atoms with Gasteiger partial charge in [0, 0.05) is 23.9 Å². The largest absolute Gasteiger partial charge is 0.422 e. The molecule has 0 bridgehead atoms. The Kier molecular flexibility index (Phi) is 4.23. The molecule has 4 heteroatoms. The Hall–Kier alpha value is -3.40. The van der Waals surface area contributed by atoms with Crippen LogP contribution in [0.1, 0.15) is 23.6 Å². The van der Waals surface area contributed by atoms with Gasteiger partial charge in [0.15, 0.2) is 0 Å². The van der Waals surface area contributed by atoms with Gasteiger partial charge in [-0.3, -0.25) is 4.68 Å². The maximum Gasteiger partial charge on any atom is 0.344 e. The lowest BCUT2D eigenvalue weighted by atomic mass is 9.94. The standard InChI is InChI=1S/C22H18N2O2/c1-2-24-15-16(14-23-24)13-19-20(17-9-5-3-6-10-17)21(22(25)26-19)18-11-7-4-8-12-18/h3-15H,2H2,1H3/b19-13-. The first-order valence-electron chi connectivity index (χ1n) is 8.58. The normalized spacial score (nSPS) is 15.6. The Morgan fingerprint density at radius 2 is 1.58 bits per heavy atom. The number of rotatable bonds is 4. The highest BCUT2D eigenvalue weighted by Gasteiger charge is 2.31. The number of cyclic esters (lactones) is 1. The van der Waals surface area contributed by atoms with E-state index in [9.17, 15) is 4.79 Å². The third-order valence-corrected chi connectivity index (χ3v) is 4.30. The van der Waals surface area contributed by atoms with Crippen LogP contribution in [-0.2, 0) is 16.1 Å². The molecule has 0 saturated carbocycles. The van der Waals surface area contributed by atoms with Gasteiger partial charge in [-0.15, -0.1) is 0 Å². The number of nitrogens with zero attached hydrogens (tertiary/aromatic N) is 2. The van der Waals surface area contributed by atoms with Crippen molar-refractivity contribution in [2.24, 2.45) is 0 Å². The number of hydrogen-bond donors (Lipinski definition) is 0. The Bertz CT molecular complexity index is 999. The van der Waals surface area contributed by atoms with Crippen molar-refractivity contribution >= 4 is 23.2 Å². The maximum absolute atomic E-state index is 12.7. The number of hydrogen-bond acceptors (Lipinski definition) is 3. The molecule has 0 atom stereocenters. The summed E-state index contributed by atoms with van der Waals surface area (Å²) in [5, 5.41) is 4.29. The van der Waals surface area contributed by atoms with E-state index in [1.165, 1.54) is 0 Å². The van der Waals surface area contributed by atoms with Crippen LogP contribution in [-0.4, -0.2) is 15.7 Å². The van der Waals surface area contributed by atoms with Gasteiger partial charge in [0.25, 0.3) is 0 Å². The second kappa shape index (κ2) is 6.84. The number of aryl methyl sites for hydroxylation is 1. The van der Waals surface area contributed by atoms with Crippen molar-refractivity contribution in [1.29, 1.82) is 0 Å². The summed E-state index contributed by atoms with van der Waals surface area (Å²) >= 11 is 0. The fraction of sp³-hybridized carbons (Fsp3) is 0.0909. The van der Waals surface area contributed by atoms with Crippen LogP contribution in [0.3, 0.4) is 0 Å². The molecule has 1 aliphatic heterocycles. The fourth-order valence-electron chi connectivity index (χ4n) is 3.07. The van der Waals surface area contributed by atoms with E-state index >= 15 is 0 Å². The van der Waals surface area contributed by atoms with E-state index in [4.69, 9.17) is 4.74 Å². The topological polar surface area (TPSA) is 44.1 Å². The van der Waals surface area contributed by atoms with Crippen LogP contribution >= 0.6 is 0 Å². The predicted molar refractivity (Wildman–Crippen MR) is 102 cm³/mol. The lowest BCUT2D eigenvalue weighted by molar-refractivity contribution is -0.131. The highest BCUT2D eigenvalue weighted by Crippen LogP contribution is 2.40. The van der Waals surface area contributed by atoms with Gasteiger partial charge < -0.3 is 4.74 Å². The summed E-state index contributed by atoms with van der Waals surface area (Å²) in [5.41, 5.74) is 4.10. The van der Waals surface area contributed by atoms with Gasteiger partial charge in [0.2, 0.25) is 0 Å². The van der Waals surface area contributed by atoms with Crippen molar-refractivity contribution in [3.8, 4) is 0 Å². The molecule has 0 saturated heterocycles. The van der Waals surface area contributed by atoms with Gasteiger partial charge in [-0.05, 0) is 24.1 Å². The van der Waals surface area contributed by atoms with Crippen LogP contribution < -0.4 is 0 Å². The number of allylic oxidation sites excluding steroid dienone is 1. The summed E-state index contributed by atoms with van der Waals surface area (Å²) in [6.07, 6.45) is 5.58. The van der Waals surface area contributed by atoms with E-state index < -0.39 is 0 Å². The van der Waals surface area contributed by atoms with Crippen molar-refractivity contribution in [3.63, 3.8) is 0 Å². The molecule has 26 heavy (non-hydrogen) atoms. The maximum atomic E-state index is 12.7. The molecule has 3 aromatic rings. The van der Waals surface area contributed by atoms with E-state index in [2.05, 4.69) is 5.10 Å². The lowest BCUT2D eigenvalue weighted by Crippen LogP contribution is -1.98. The molecule has 4 rings (SSSR count). The number of esters is 1. The van der Waals surface area contributed by atoms with Crippen molar-refractivity contribution in [3.05, 3.63) is 95.5 Å². The summed E-state index contributed by atoms with van der Waals surface area (Å²) in [4.78, 5) is 12.7. The molecule has 0 unspecified atom stereocenters. The molecule has 0 N–H and O–H groups in total. The lowest BCUT2D eigenvalue weighted by Gasteiger charge is -2.06. The zero-order valence-corrected chi connectivity index (χ0v) is 14.4. The molecule has 2 heterocycles. The monoisotopic (exact) mass is 342 g/mol. The number of ether oxygens (including phenoxy) is 1. The van der Waals surface area contributed by atoms with Gasteiger partial charge >= 0.3 is 5.97 Å². The highest BCUT2D eigenvalue weighted by molar-refractivity contribution is 6.30. The Morgan fingerprint density at radius 1 is 0.962 bits per heavy atom. The number of carbonyl (C=O) groups is 1. The molecule has 128 valence electrons. The quantitative estimate of drug-likeness (QED) is 0.660. The Balaban J connectivity index is 1.90. The van der Waals surface area contributed by atoms with Gasteiger partial charge in [-0.1, -0.05) is 60.7 Å². The molecule has 0 aliphatic carbocycles. The predicted octanol–water partition coefficient (Wildman–Crippen LogP) is 4.41. The van der Waals surface area contributed by atoms with Crippen molar-refractivity contribution < 1.29 is 9.53 Å². The van der Waals surface area contributed by atoms with Crippen LogP contribution in [0.25, 0.3) is 17.2 Å². The molecular formula is C22H18N2O2. The summed E-state index contributed by atoms with van der Waals surface area (Å²) in [6, 6.07) is 19.5. The minimum atomic E-state index is -0.329. The average Bonchev–Trinajstić information content (AvgIpc) is 3.27. The van der Waals surface area contributed by atoms with Crippen LogP contribution in [0, 0.1) is 0 Å². The molecule has 1 aliphatic rings. The summed E-state index contributed by atoms with van der Waals surface area (Å²) in [5.74, 6) is 0.222. The fourth-order valence-corrected chi connectivity index (χ4v) is 3.07. The zero-order valence-electron chi connectivity index (χ0n) is 14.4. The van der Waals surface area contributed by atoms with E-state index in [0.29, 0.717) is 11.3 Å². The van der Waals surface area contributed by atoms with Crippen LogP contribution in [0.5, 0.6) is 0 Å². The number of carbonyl (C=O) groups excluding carboxylic acids is 1. The second-order valence-corrected chi connectivity index (χ2v) is 6.01. The first-order valence-corrected chi connectivity index (χ1v) is 8.58. The summed E-state index contributed by atoms with van der Waals surface area (Å²) in [7, 11) is 0. The van der Waals surface area contributed by atoms with E-state index in [0.717, 1.165) is 28.8 Å². The molecular weight excluding hydrogens is 324 g/mol. The first kappa shape index (κ1) is 16.1. The highest BCUT2D eigenvalue weighted by atomic mass is 16.5. The Labute approximate surface area is 152 Å². The molecule has 0 fully saturated rings. The number of benzene rings is 2. The minimum Gasteiger partial charge on any atom is -0.422 e. The first-order chi connectivity index (χ1) is 12.8. The summed E-state index contributed by atoms with van der Waals surface area (Å²) < 4.78 is 7.49.